The Morgan fingerprint density at radius 3 is 2.35 bits per heavy atom. The fraction of sp³-hybridized carbons (Fsp3) is 0.286. The van der Waals surface area contributed by atoms with Crippen LogP contribution in [0.2, 0.25) is 0 Å². The number of hydrogen-bond acceptors (Lipinski definition) is 7. The highest BCUT2D eigenvalue weighted by atomic mass is 16.5. The number of benzene rings is 3. The van der Waals surface area contributed by atoms with Crippen molar-refractivity contribution in [2.24, 2.45) is 4.99 Å². The first kappa shape index (κ1) is 24.3. The maximum atomic E-state index is 13.2. The van der Waals surface area contributed by atoms with E-state index in [1.54, 1.807) is 39.5 Å². The molecule has 5 rings (SSSR count). The van der Waals surface area contributed by atoms with Crippen LogP contribution in [-0.4, -0.2) is 68.7 Å². The van der Waals surface area contributed by atoms with Crippen LogP contribution in [0.25, 0.3) is 0 Å². The van der Waals surface area contributed by atoms with Crippen LogP contribution in [0.1, 0.15) is 12.5 Å². The van der Waals surface area contributed by atoms with E-state index in [-0.39, 0.29) is 12.1 Å². The van der Waals surface area contributed by atoms with Gasteiger partial charge in [0.2, 0.25) is 0 Å². The largest absolute Gasteiger partial charge is 0.497 e. The molecule has 1 atom stereocenters. The molecule has 9 nitrogen and oxygen atoms in total. The minimum absolute atomic E-state index is 0.0648. The zero-order chi connectivity index (χ0) is 25.9. The van der Waals surface area contributed by atoms with Crippen molar-refractivity contribution in [2.75, 3.05) is 46.3 Å². The predicted octanol–water partition coefficient (Wildman–Crippen LogP) is 5.13. The summed E-state index contributed by atoms with van der Waals surface area (Å²) in [6.45, 7) is 3.79. The van der Waals surface area contributed by atoms with Crippen LogP contribution >= 0.6 is 0 Å². The number of piperazine rings is 1. The van der Waals surface area contributed by atoms with Crippen molar-refractivity contribution < 1.29 is 23.7 Å². The topological polar surface area (TPSA) is 84.9 Å². The highest BCUT2D eigenvalue weighted by molar-refractivity contribution is 6.04. The molecule has 0 bridgehead atoms. The normalized spacial score (nSPS) is 16.4. The molecule has 192 valence electrons. The van der Waals surface area contributed by atoms with Crippen LogP contribution in [0, 0.1) is 0 Å². The van der Waals surface area contributed by atoms with Crippen LogP contribution in [0.5, 0.6) is 28.7 Å². The van der Waals surface area contributed by atoms with Crippen molar-refractivity contribution in [2.45, 2.75) is 13.0 Å². The second kappa shape index (κ2) is 10.3. The number of aliphatic imine (C=N–C) groups is 1. The van der Waals surface area contributed by atoms with Gasteiger partial charge in [0.25, 0.3) is 0 Å². The average Bonchev–Trinajstić information content (AvgIpc) is 3.08. The highest BCUT2D eigenvalue weighted by Crippen LogP contribution is 2.39. The Balaban J connectivity index is 1.37. The van der Waals surface area contributed by atoms with E-state index in [4.69, 9.17) is 23.9 Å². The summed E-state index contributed by atoms with van der Waals surface area (Å²) in [6.07, 6.45) is 0. The number of fused-ring (bicyclic) bond motifs is 2. The SMILES string of the molecule is COc1cc(NC(=O)N2CCN(C3=Nc4ccccc4Oc4cc(OC)ccc43)CC2C)cc(OC)c1. The Morgan fingerprint density at radius 2 is 1.65 bits per heavy atom. The second-order valence-corrected chi connectivity index (χ2v) is 8.89. The van der Waals surface area contributed by atoms with Gasteiger partial charge in [0.05, 0.1) is 26.9 Å². The zero-order valence-corrected chi connectivity index (χ0v) is 21.4. The van der Waals surface area contributed by atoms with Gasteiger partial charge in [0.15, 0.2) is 5.75 Å². The lowest BCUT2D eigenvalue weighted by molar-refractivity contribution is 0.145. The van der Waals surface area contributed by atoms with Gasteiger partial charge in [-0.25, -0.2) is 9.79 Å². The van der Waals surface area contributed by atoms with Gasteiger partial charge in [-0.2, -0.15) is 0 Å². The summed E-state index contributed by atoms with van der Waals surface area (Å²) in [5, 5.41) is 2.98. The van der Waals surface area contributed by atoms with Crippen molar-refractivity contribution >= 4 is 23.2 Å². The molecule has 37 heavy (non-hydrogen) atoms. The molecule has 1 unspecified atom stereocenters. The van der Waals surface area contributed by atoms with Crippen molar-refractivity contribution in [3.8, 4) is 28.7 Å². The summed E-state index contributed by atoms with van der Waals surface area (Å²) in [7, 11) is 4.79. The summed E-state index contributed by atoms with van der Waals surface area (Å²) in [5.74, 6) is 4.11. The molecule has 1 saturated heterocycles. The Bertz CT molecular complexity index is 1320. The number of carbonyl (C=O) groups is 1. The van der Waals surface area contributed by atoms with Crippen LogP contribution in [-0.2, 0) is 0 Å². The molecular weight excluding hydrogens is 472 g/mol. The van der Waals surface area contributed by atoms with Gasteiger partial charge in [0.1, 0.15) is 34.5 Å². The number of hydrogen-bond donors (Lipinski definition) is 1. The molecule has 3 aromatic rings. The zero-order valence-electron chi connectivity index (χ0n) is 21.4. The average molecular weight is 503 g/mol. The van der Waals surface area contributed by atoms with E-state index in [1.807, 2.05) is 54.3 Å². The van der Waals surface area contributed by atoms with Gasteiger partial charge in [-0.15, -0.1) is 0 Å². The molecule has 2 amide bonds. The summed E-state index contributed by atoms with van der Waals surface area (Å²) in [4.78, 5) is 22.2. The van der Waals surface area contributed by atoms with Gasteiger partial charge >= 0.3 is 6.03 Å². The lowest BCUT2D eigenvalue weighted by atomic mass is 10.1. The molecule has 0 spiro atoms. The van der Waals surface area contributed by atoms with Crippen molar-refractivity contribution in [3.05, 3.63) is 66.2 Å². The fourth-order valence-electron chi connectivity index (χ4n) is 4.60. The molecule has 0 aromatic heterocycles. The number of para-hydroxylation sites is 2. The molecular formula is C28H30N4O5. The molecule has 1 N–H and O–H groups in total. The summed E-state index contributed by atoms with van der Waals surface area (Å²) in [5.41, 5.74) is 2.25. The van der Waals surface area contributed by atoms with Crippen LogP contribution in [0.4, 0.5) is 16.2 Å². The van der Waals surface area contributed by atoms with Gasteiger partial charge in [0, 0.05) is 55.6 Å². The van der Waals surface area contributed by atoms with Crippen LogP contribution < -0.4 is 24.3 Å². The van der Waals surface area contributed by atoms with E-state index < -0.39 is 0 Å². The minimum Gasteiger partial charge on any atom is -0.497 e. The van der Waals surface area contributed by atoms with Crippen molar-refractivity contribution in [3.63, 3.8) is 0 Å². The smallest absolute Gasteiger partial charge is 0.322 e. The van der Waals surface area contributed by atoms with E-state index in [1.165, 1.54) is 0 Å². The lowest BCUT2D eigenvalue weighted by Gasteiger charge is -2.41. The number of carbonyl (C=O) groups excluding carboxylic acids is 1. The van der Waals surface area contributed by atoms with Crippen molar-refractivity contribution in [1.29, 1.82) is 0 Å². The number of methoxy groups -OCH3 is 3. The Kier molecular flexibility index (Phi) is 6.76. The third kappa shape index (κ3) is 4.97. The molecule has 0 radical (unpaired) electrons. The summed E-state index contributed by atoms with van der Waals surface area (Å²) in [6, 6.07) is 18.5. The summed E-state index contributed by atoms with van der Waals surface area (Å²) >= 11 is 0. The van der Waals surface area contributed by atoms with Gasteiger partial charge in [-0.1, -0.05) is 12.1 Å². The first-order valence-electron chi connectivity index (χ1n) is 12.1. The van der Waals surface area contributed by atoms with E-state index in [0.717, 1.165) is 17.1 Å². The standard InChI is InChI=1S/C28H30N4O5/c1-18-17-31(11-12-32(18)28(33)29-19-13-21(35-3)15-22(14-19)36-4)27-23-10-9-20(34-2)16-26(23)37-25-8-6-5-7-24(25)30-27/h5-10,13-16,18H,11-12,17H2,1-4H3,(H,29,33). The van der Waals surface area contributed by atoms with E-state index in [2.05, 4.69) is 10.2 Å². The number of anilines is 1. The molecule has 9 heteroatoms. The Labute approximate surface area is 216 Å². The number of ether oxygens (including phenoxy) is 4. The Hall–Kier alpha value is -4.40. The minimum atomic E-state index is -0.177. The van der Waals surface area contributed by atoms with Gasteiger partial charge < -0.3 is 34.1 Å². The number of amidine groups is 1. The molecule has 2 heterocycles. The number of nitrogens with zero attached hydrogens (tertiary/aromatic N) is 3. The Morgan fingerprint density at radius 1 is 0.919 bits per heavy atom. The highest BCUT2D eigenvalue weighted by Gasteiger charge is 2.32. The first-order chi connectivity index (χ1) is 18.0. The molecule has 2 aliphatic heterocycles. The fourth-order valence-corrected chi connectivity index (χ4v) is 4.60. The summed E-state index contributed by atoms with van der Waals surface area (Å²) < 4.78 is 22.3. The number of urea groups is 1. The quantitative estimate of drug-likeness (QED) is 0.532. The van der Waals surface area contributed by atoms with E-state index >= 15 is 0 Å². The van der Waals surface area contributed by atoms with E-state index in [0.29, 0.717) is 54.1 Å². The second-order valence-electron chi connectivity index (χ2n) is 8.89. The maximum Gasteiger partial charge on any atom is 0.322 e. The number of amides is 2. The molecule has 3 aromatic carbocycles. The predicted molar refractivity (Wildman–Crippen MR) is 142 cm³/mol. The van der Waals surface area contributed by atoms with Crippen molar-refractivity contribution in [1.82, 2.24) is 9.80 Å². The van der Waals surface area contributed by atoms with Gasteiger partial charge in [-0.3, -0.25) is 0 Å². The van der Waals surface area contributed by atoms with Gasteiger partial charge in [-0.05, 0) is 31.2 Å². The molecule has 0 aliphatic carbocycles. The third-order valence-corrected chi connectivity index (χ3v) is 6.53. The molecule has 1 fully saturated rings. The monoisotopic (exact) mass is 502 g/mol. The number of nitrogens with one attached hydrogen (secondary N) is 1. The molecule has 0 saturated carbocycles. The number of rotatable bonds is 4. The molecule has 2 aliphatic rings. The lowest BCUT2D eigenvalue weighted by Crippen LogP contribution is -2.56. The van der Waals surface area contributed by atoms with E-state index in [9.17, 15) is 4.79 Å². The van der Waals surface area contributed by atoms with Crippen LogP contribution in [0.3, 0.4) is 0 Å². The maximum absolute atomic E-state index is 13.2. The third-order valence-electron chi connectivity index (χ3n) is 6.53. The van der Waals surface area contributed by atoms with Crippen LogP contribution in [0.15, 0.2) is 65.7 Å². The first-order valence-corrected chi connectivity index (χ1v) is 12.1.